The van der Waals surface area contributed by atoms with Gasteiger partial charge in [0.05, 0.1) is 7.11 Å². The van der Waals surface area contributed by atoms with Gasteiger partial charge >= 0.3 is 5.97 Å². The van der Waals surface area contributed by atoms with Crippen molar-refractivity contribution >= 4 is 5.97 Å². The number of fused-ring (bicyclic) bond motifs is 1. The summed E-state index contributed by atoms with van der Waals surface area (Å²) in [5.41, 5.74) is 0. The molecule has 2 rings (SSSR count). The van der Waals surface area contributed by atoms with Crippen molar-refractivity contribution in [3.8, 4) is 0 Å². The summed E-state index contributed by atoms with van der Waals surface area (Å²) >= 11 is 0. The van der Waals surface area contributed by atoms with E-state index in [-0.39, 0.29) is 12.1 Å². The molecule has 0 radical (unpaired) electrons. The molecule has 80 valence electrons. The maximum Gasteiger partial charge on any atom is 0.335 e. The van der Waals surface area contributed by atoms with Crippen LogP contribution in [0.5, 0.6) is 0 Å². The van der Waals surface area contributed by atoms with Crippen molar-refractivity contribution in [1.29, 1.82) is 0 Å². The van der Waals surface area contributed by atoms with Gasteiger partial charge in [-0.1, -0.05) is 0 Å². The highest BCUT2D eigenvalue weighted by Gasteiger charge is 2.50. The van der Waals surface area contributed by atoms with E-state index in [4.69, 9.17) is 14.2 Å². The summed E-state index contributed by atoms with van der Waals surface area (Å²) in [7, 11) is 1.34. The summed E-state index contributed by atoms with van der Waals surface area (Å²) in [6.07, 6.45) is -0.643. The molecule has 2 aliphatic rings. The second kappa shape index (κ2) is 3.18. The minimum atomic E-state index is -0.615. The minimum absolute atomic E-state index is 0.158. The van der Waals surface area contributed by atoms with Crippen molar-refractivity contribution in [2.24, 2.45) is 0 Å². The summed E-state index contributed by atoms with van der Waals surface area (Å²) in [6.45, 7) is 3.64. The number of methoxy groups -OCH3 is 1. The van der Waals surface area contributed by atoms with Crippen LogP contribution in [0.3, 0.4) is 0 Å². The fraction of sp³-hybridized carbons (Fsp3) is 0.889. The summed E-state index contributed by atoms with van der Waals surface area (Å²) in [6, 6.07) is 0. The molecule has 0 aromatic heterocycles. The van der Waals surface area contributed by atoms with Gasteiger partial charge in [-0.15, -0.1) is 0 Å². The van der Waals surface area contributed by atoms with E-state index in [1.807, 2.05) is 13.8 Å². The van der Waals surface area contributed by atoms with Gasteiger partial charge in [0.2, 0.25) is 0 Å². The molecule has 14 heavy (non-hydrogen) atoms. The molecule has 5 nitrogen and oxygen atoms in total. The Morgan fingerprint density at radius 2 is 2.14 bits per heavy atom. The van der Waals surface area contributed by atoms with Gasteiger partial charge in [0, 0.05) is 6.42 Å². The average Bonchev–Trinajstić information content (AvgIpc) is 2.56. The Labute approximate surface area is 82.3 Å². The first-order valence-electron chi connectivity index (χ1n) is 4.61. The Morgan fingerprint density at radius 1 is 1.43 bits per heavy atom. The van der Waals surface area contributed by atoms with E-state index in [1.165, 1.54) is 7.11 Å². The number of hydrogen-bond donors (Lipinski definition) is 0. The van der Waals surface area contributed by atoms with Crippen LogP contribution < -0.4 is 0 Å². The number of esters is 1. The van der Waals surface area contributed by atoms with Crippen LogP contribution in [-0.4, -0.2) is 37.4 Å². The molecule has 0 N–H and O–H groups in total. The molecular weight excluding hydrogens is 188 g/mol. The molecule has 2 heterocycles. The molecule has 0 saturated carbocycles. The molecule has 0 aromatic carbocycles. The smallest absolute Gasteiger partial charge is 0.335 e. The third-order valence-electron chi connectivity index (χ3n) is 2.35. The van der Waals surface area contributed by atoms with Crippen molar-refractivity contribution in [2.75, 3.05) is 7.11 Å². The topological polar surface area (TPSA) is 54.0 Å². The summed E-state index contributed by atoms with van der Waals surface area (Å²) < 4.78 is 20.9. The fourth-order valence-electron chi connectivity index (χ4n) is 1.79. The zero-order valence-corrected chi connectivity index (χ0v) is 8.48. The first-order valence-corrected chi connectivity index (χ1v) is 4.61. The highest BCUT2D eigenvalue weighted by molar-refractivity contribution is 5.74. The average molecular weight is 202 g/mol. The predicted octanol–water partition coefficient (Wildman–Crippen LogP) is 0.426. The third kappa shape index (κ3) is 1.63. The van der Waals surface area contributed by atoms with Gasteiger partial charge in [-0.05, 0) is 13.8 Å². The fourth-order valence-corrected chi connectivity index (χ4v) is 1.79. The lowest BCUT2D eigenvalue weighted by Gasteiger charge is -2.19. The Balaban J connectivity index is 1.97. The zero-order valence-electron chi connectivity index (χ0n) is 8.48. The van der Waals surface area contributed by atoms with Crippen LogP contribution in [-0.2, 0) is 23.7 Å². The van der Waals surface area contributed by atoms with Crippen LogP contribution in [0.4, 0.5) is 0 Å². The Hall–Kier alpha value is -0.650. The lowest BCUT2D eigenvalue weighted by Crippen LogP contribution is -2.28. The second-order valence-electron chi connectivity index (χ2n) is 3.93. The maximum atomic E-state index is 11.1. The zero-order chi connectivity index (χ0) is 10.3. The first-order chi connectivity index (χ1) is 6.52. The Bertz CT molecular complexity index is 234. The molecule has 0 aliphatic carbocycles. The number of carbonyl (C=O) groups is 1. The summed E-state index contributed by atoms with van der Waals surface area (Å²) in [5, 5.41) is 0. The van der Waals surface area contributed by atoms with Crippen LogP contribution in [0.25, 0.3) is 0 Å². The van der Waals surface area contributed by atoms with E-state index in [0.717, 1.165) is 0 Å². The minimum Gasteiger partial charge on any atom is -0.467 e. The first kappa shape index (κ1) is 9.89. The lowest BCUT2D eigenvalue weighted by atomic mass is 10.2. The van der Waals surface area contributed by atoms with Crippen LogP contribution >= 0.6 is 0 Å². The van der Waals surface area contributed by atoms with E-state index >= 15 is 0 Å². The molecule has 5 heteroatoms. The molecule has 0 spiro atoms. The molecule has 2 saturated heterocycles. The quantitative estimate of drug-likeness (QED) is 0.577. The van der Waals surface area contributed by atoms with Gasteiger partial charge < -0.3 is 18.9 Å². The maximum absolute atomic E-state index is 11.1. The molecule has 2 aliphatic heterocycles. The monoisotopic (exact) mass is 202 g/mol. The number of carbonyl (C=O) groups excluding carboxylic acids is 1. The van der Waals surface area contributed by atoms with Gasteiger partial charge in [-0.2, -0.15) is 0 Å². The molecule has 2 fully saturated rings. The van der Waals surface area contributed by atoms with Crippen LogP contribution in [0.2, 0.25) is 0 Å². The summed E-state index contributed by atoms with van der Waals surface area (Å²) in [5.74, 6) is -0.986. The highest BCUT2D eigenvalue weighted by atomic mass is 16.8. The van der Waals surface area contributed by atoms with Gasteiger partial charge in [0.1, 0.15) is 6.10 Å². The van der Waals surface area contributed by atoms with Crippen molar-refractivity contribution < 1.29 is 23.7 Å². The van der Waals surface area contributed by atoms with E-state index < -0.39 is 18.2 Å². The van der Waals surface area contributed by atoms with E-state index in [1.54, 1.807) is 0 Å². The van der Waals surface area contributed by atoms with E-state index in [2.05, 4.69) is 4.74 Å². The Kier molecular flexibility index (Phi) is 2.25. The molecule has 3 atom stereocenters. The molecule has 0 amide bonds. The van der Waals surface area contributed by atoms with Gasteiger partial charge in [0.25, 0.3) is 0 Å². The molecular formula is C9H14O5. The van der Waals surface area contributed by atoms with Gasteiger partial charge in [0.15, 0.2) is 18.2 Å². The SMILES string of the molecule is COC(=O)C1CC2OC(C)(C)OC2O1. The van der Waals surface area contributed by atoms with Crippen molar-refractivity contribution in [1.82, 2.24) is 0 Å². The van der Waals surface area contributed by atoms with Gasteiger partial charge in [-0.25, -0.2) is 4.79 Å². The molecule has 0 aromatic rings. The highest BCUT2D eigenvalue weighted by Crippen LogP contribution is 2.37. The van der Waals surface area contributed by atoms with Gasteiger partial charge in [-0.3, -0.25) is 0 Å². The molecule has 0 bridgehead atoms. The third-order valence-corrected chi connectivity index (χ3v) is 2.35. The van der Waals surface area contributed by atoms with Crippen LogP contribution in [0.1, 0.15) is 20.3 Å². The van der Waals surface area contributed by atoms with Crippen LogP contribution in [0, 0.1) is 0 Å². The van der Waals surface area contributed by atoms with Crippen molar-refractivity contribution in [3.63, 3.8) is 0 Å². The van der Waals surface area contributed by atoms with E-state index in [0.29, 0.717) is 6.42 Å². The number of rotatable bonds is 1. The lowest BCUT2D eigenvalue weighted by molar-refractivity contribution is -0.210. The Morgan fingerprint density at radius 3 is 2.71 bits per heavy atom. The molecule has 3 unspecified atom stereocenters. The summed E-state index contributed by atoms with van der Waals surface area (Å²) in [4.78, 5) is 11.1. The van der Waals surface area contributed by atoms with Crippen LogP contribution in [0.15, 0.2) is 0 Å². The second-order valence-corrected chi connectivity index (χ2v) is 3.93. The normalized spacial score (nSPS) is 39.5. The standard InChI is InChI=1S/C9H14O5/c1-9(2)13-6-4-5(7(10)11-3)12-8(6)14-9/h5-6,8H,4H2,1-3H3. The predicted molar refractivity (Wildman–Crippen MR) is 45.3 cm³/mol. The van der Waals surface area contributed by atoms with Crippen molar-refractivity contribution in [3.05, 3.63) is 0 Å². The van der Waals surface area contributed by atoms with E-state index in [9.17, 15) is 4.79 Å². The number of ether oxygens (including phenoxy) is 4. The van der Waals surface area contributed by atoms with Crippen molar-refractivity contribution in [2.45, 2.75) is 44.6 Å². The largest absolute Gasteiger partial charge is 0.467 e. The number of hydrogen-bond acceptors (Lipinski definition) is 5.